The zero-order chi connectivity index (χ0) is 24.7. The van der Waals surface area contributed by atoms with E-state index in [9.17, 15) is 14.7 Å². The van der Waals surface area contributed by atoms with E-state index in [1.807, 2.05) is 20.8 Å². The second-order valence-corrected chi connectivity index (χ2v) is 10.8. The van der Waals surface area contributed by atoms with Gasteiger partial charge in [0.1, 0.15) is 11.2 Å². The maximum absolute atomic E-state index is 12.7. The van der Waals surface area contributed by atoms with Crippen LogP contribution in [0.1, 0.15) is 70.4 Å². The van der Waals surface area contributed by atoms with Crippen LogP contribution >= 0.6 is 0 Å². The molecule has 35 heavy (non-hydrogen) atoms. The van der Waals surface area contributed by atoms with Crippen LogP contribution in [0.4, 0.5) is 4.79 Å². The third-order valence-electron chi connectivity index (χ3n) is 7.31. The van der Waals surface area contributed by atoms with Crippen molar-refractivity contribution in [3.8, 4) is 11.5 Å². The minimum absolute atomic E-state index is 0.00952. The van der Waals surface area contributed by atoms with Crippen molar-refractivity contribution in [1.82, 2.24) is 34.6 Å². The average molecular weight is 484 g/mol. The number of hydrogen-bond acceptors (Lipinski definition) is 7. The van der Waals surface area contributed by atoms with Gasteiger partial charge < -0.3 is 19.4 Å². The Kier molecular flexibility index (Phi) is 6.12. The Morgan fingerprint density at radius 1 is 1.20 bits per heavy atom. The Balaban J connectivity index is 1.45. The normalized spacial score (nSPS) is 22.1. The predicted molar refractivity (Wildman–Crippen MR) is 128 cm³/mol. The Labute approximate surface area is 203 Å². The molecule has 2 atom stereocenters. The zero-order valence-corrected chi connectivity index (χ0v) is 20.5. The maximum atomic E-state index is 12.7. The summed E-state index contributed by atoms with van der Waals surface area (Å²) in [6.07, 6.45) is 5.59. The molecule has 2 unspecified atom stereocenters. The van der Waals surface area contributed by atoms with Crippen molar-refractivity contribution in [2.24, 2.45) is 5.41 Å². The first kappa shape index (κ1) is 23.5. The van der Waals surface area contributed by atoms with Crippen LogP contribution < -0.4 is 5.56 Å². The molecular formula is C24H33N7O4. The number of amides is 1. The number of rotatable bonds is 4. The van der Waals surface area contributed by atoms with Crippen molar-refractivity contribution < 1.29 is 14.3 Å². The van der Waals surface area contributed by atoms with E-state index in [0.29, 0.717) is 48.9 Å². The molecule has 5 rings (SSSR count). The molecule has 2 saturated heterocycles. The summed E-state index contributed by atoms with van der Waals surface area (Å²) in [4.78, 5) is 31.2. The van der Waals surface area contributed by atoms with E-state index in [1.165, 1.54) is 24.2 Å². The van der Waals surface area contributed by atoms with Crippen molar-refractivity contribution in [3.63, 3.8) is 0 Å². The lowest BCUT2D eigenvalue weighted by Crippen LogP contribution is -2.51. The molecule has 2 aliphatic rings. The lowest BCUT2D eigenvalue weighted by Gasteiger charge is -2.44. The first-order valence-electron chi connectivity index (χ1n) is 12.4. The topological polar surface area (TPSA) is 133 Å². The van der Waals surface area contributed by atoms with Crippen LogP contribution in [-0.4, -0.2) is 71.5 Å². The number of likely N-dealkylation sites (tertiary alicyclic amines) is 2. The van der Waals surface area contributed by atoms with Gasteiger partial charge in [0.25, 0.3) is 11.4 Å². The standard InChI is InChI=1S/C24H33N7O4/c1-24(2,3)18-11-15(7-10-30(18)23(33)34)17-12-19(32)26-21-16(13-25-31(17)21)22-28-27-20(35-22)14-29-8-5-4-6-9-29/h12-13,15,18H,4-11,14H2,1-3H3,(H,26,32)(H,33,34). The molecule has 3 aromatic heterocycles. The predicted octanol–water partition coefficient (Wildman–Crippen LogP) is 3.33. The molecule has 3 aromatic rings. The fourth-order valence-electron chi connectivity index (χ4n) is 5.48. The van der Waals surface area contributed by atoms with E-state index < -0.39 is 6.09 Å². The van der Waals surface area contributed by atoms with Crippen LogP contribution in [0, 0.1) is 5.41 Å². The van der Waals surface area contributed by atoms with Crippen LogP contribution in [0.5, 0.6) is 0 Å². The molecule has 188 valence electrons. The Morgan fingerprint density at radius 2 is 1.97 bits per heavy atom. The summed E-state index contributed by atoms with van der Waals surface area (Å²) < 4.78 is 7.68. The second-order valence-electron chi connectivity index (χ2n) is 10.8. The second kappa shape index (κ2) is 9.10. The molecule has 2 aliphatic heterocycles. The first-order valence-corrected chi connectivity index (χ1v) is 12.4. The molecule has 0 spiro atoms. The van der Waals surface area contributed by atoms with Gasteiger partial charge in [-0.2, -0.15) is 5.10 Å². The van der Waals surface area contributed by atoms with Gasteiger partial charge in [0.15, 0.2) is 0 Å². The Hall–Kier alpha value is -3.21. The molecular weight excluding hydrogens is 450 g/mol. The minimum Gasteiger partial charge on any atom is -0.465 e. The third-order valence-corrected chi connectivity index (χ3v) is 7.31. The van der Waals surface area contributed by atoms with Crippen molar-refractivity contribution in [2.75, 3.05) is 19.6 Å². The van der Waals surface area contributed by atoms with Crippen LogP contribution in [0.15, 0.2) is 21.5 Å². The Bertz CT molecular complexity index is 1260. The molecule has 0 bridgehead atoms. The minimum atomic E-state index is -0.905. The van der Waals surface area contributed by atoms with Crippen LogP contribution in [-0.2, 0) is 6.54 Å². The van der Waals surface area contributed by atoms with Gasteiger partial charge in [-0.05, 0) is 44.2 Å². The van der Waals surface area contributed by atoms with Gasteiger partial charge in [0.2, 0.25) is 5.89 Å². The Morgan fingerprint density at radius 3 is 2.69 bits per heavy atom. The smallest absolute Gasteiger partial charge is 0.407 e. The van der Waals surface area contributed by atoms with E-state index in [0.717, 1.165) is 18.8 Å². The molecule has 0 radical (unpaired) electrons. The molecule has 0 aromatic carbocycles. The number of aromatic amines is 1. The first-order chi connectivity index (χ1) is 16.7. The van der Waals surface area contributed by atoms with Gasteiger partial charge in [-0.15, -0.1) is 10.2 Å². The quantitative estimate of drug-likeness (QED) is 0.577. The highest BCUT2D eigenvalue weighted by Crippen LogP contribution is 2.39. The number of hydrogen-bond donors (Lipinski definition) is 2. The molecule has 11 nitrogen and oxygen atoms in total. The highest BCUT2D eigenvalue weighted by molar-refractivity contribution is 5.71. The van der Waals surface area contributed by atoms with Crippen LogP contribution in [0.2, 0.25) is 0 Å². The summed E-state index contributed by atoms with van der Waals surface area (Å²) in [5.41, 5.74) is 1.38. The van der Waals surface area contributed by atoms with Gasteiger partial charge in [0, 0.05) is 24.6 Å². The van der Waals surface area contributed by atoms with Gasteiger partial charge in [-0.3, -0.25) is 9.69 Å². The summed E-state index contributed by atoms with van der Waals surface area (Å²) in [6, 6.07) is 1.40. The van der Waals surface area contributed by atoms with Crippen LogP contribution in [0.3, 0.4) is 0 Å². The molecule has 2 fully saturated rings. The van der Waals surface area contributed by atoms with Gasteiger partial charge in [-0.25, -0.2) is 9.31 Å². The molecule has 0 saturated carbocycles. The van der Waals surface area contributed by atoms with Crippen molar-refractivity contribution >= 4 is 11.7 Å². The summed E-state index contributed by atoms with van der Waals surface area (Å²) in [5.74, 6) is 0.867. The van der Waals surface area contributed by atoms with Crippen LogP contribution in [0.25, 0.3) is 17.1 Å². The third kappa shape index (κ3) is 4.69. The van der Waals surface area contributed by atoms with Gasteiger partial charge >= 0.3 is 6.09 Å². The van der Waals surface area contributed by atoms with E-state index in [-0.39, 0.29) is 22.9 Å². The summed E-state index contributed by atoms with van der Waals surface area (Å²) >= 11 is 0. The van der Waals surface area contributed by atoms with E-state index >= 15 is 0 Å². The monoisotopic (exact) mass is 483 g/mol. The number of carbonyl (C=O) groups is 1. The van der Waals surface area contributed by atoms with Gasteiger partial charge in [-0.1, -0.05) is 27.2 Å². The number of aromatic nitrogens is 5. The number of nitrogens with one attached hydrogen (secondary N) is 1. The largest absolute Gasteiger partial charge is 0.465 e. The van der Waals surface area contributed by atoms with E-state index in [2.05, 4.69) is 25.2 Å². The number of fused-ring (bicyclic) bond motifs is 1. The lowest BCUT2D eigenvalue weighted by atomic mass is 9.76. The number of carboxylic acid groups (broad SMARTS) is 1. The fraction of sp³-hybridized carbons (Fsp3) is 0.625. The SMILES string of the molecule is CC(C)(C)C1CC(c2cc(=O)[nH]c3c(-c4nnc(CN5CCCCC5)o4)cnn23)CCN1C(=O)O. The maximum Gasteiger partial charge on any atom is 0.407 e. The molecule has 2 N–H and O–H groups in total. The van der Waals surface area contributed by atoms with Crippen molar-refractivity contribution in [2.45, 2.75) is 71.4 Å². The molecule has 0 aliphatic carbocycles. The number of piperidine rings is 2. The average Bonchev–Trinajstić information content (AvgIpc) is 3.45. The summed E-state index contributed by atoms with van der Waals surface area (Å²) in [5, 5.41) is 22.7. The summed E-state index contributed by atoms with van der Waals surface area (Å²) in [7, 11) is 0. The lowest BCUT2D eigenvalue weighted by molar-refractivity contribution is 0.0518. The molecule has 5 heterocycles. The van der Waals surface area contributed by atoms with E-state index in [1.54, 1.807) is 16.8 Å². The number of H-pyrrole nitrogens is 1. The number of nitrogens with zero attached hydrogens (tertiary/aromatic N) is 6. The summed E-state index contributed by atoms with van der Waals surface area (Å²) in [6.45, 7) is 9.23. The fourth-order valence-corrected chi connectivity index (χ4v) is 5.48. The highest BCUT2D eigenvalue weighted by Gasteiger charge is 2.40. The van der Waals surface area contributed by atoms with Gasteiger partial charge in [0.05, 0.1) is 18.4 Å². The molecule has 1 amide bonds. The van der Waals surface area contributed by atoms with Crippen molar-refractivity contribution in [3.05, 3.63) is 34.2 Å². The van der Waals surface area contributed by atoms with Crippen molar-refractivity contribution in [1.29, 1.82) is 0 Å². The molecule has 11 heteroatoms. The highest BCUT2D eigenvalue weighted by atomic mass is 16.4. The zero-order valence-electron chi connectivity index (χ0n) is 20.5. The van der Waals surface area contributed by atoms with E-state index in [4.69, 9.17) is 4.42 Å².